The summed E-state index contributed by atoms with van der Waals surface area (Å²) in [6.07, 6.45) is 2.48. The minimum atomic E-state index is 0.649. The average Bonchev–Trinajstić information content (AvgIpc) is 2.74. The van der Waals surface area contributed by atoms with Gasteiger partial charge in [0.15, 0.2) is 11.5 Å². The smallest absolute Gasteiger partial charge is 0.161 e. The topological polar surface area (TPSA) is 59.5 Å². The molecule has 0 saturated heterocycles. The zero-order valence-electron chi connectivity index (χ0n) is 15.8. The van der Waals surface area contributed by atoms with Gasteiger partial charge in [-0.05, 0) is 41.8 Å². The minimum Gasteiger partial charge on any atom is -0.493 e. The number of halogens is 1. The lowest BCUT2D eigenvalue weighted by Gasteiger charge is -2.30. The summed E-state index contributed by atoms with van der Waals surface area (Å²) in [7, 11) is 3.32. The first kappa shape index (κ1) is 18.4. The van der Waals surface area contributed by atoms with Crippen LogP contribution in [0, 0.1) is 0 Å². The van der Waals surface area contributed by atoms with Crippen molar-refractivity contribution in [2.75, 3.05) is 31.0 Å². The van der Waals surface area contributed by atoms with E-state index in [4.69, 9.17) is 21.1 Å². The summed E-state index contributed by atoms with van der Waals surface area (Å²) in [6, 6.07) is 13.6. The summed E-state index contributed by atoms with van der Waals surface area (Å²) in [5.74, 6) is 3.08. The van der Waals surface area contributed by atoms with Crippen LogP contribution in [-0.4, -0.2) is 30.7 Å². The summed E-state index contributed by atoms with van der Waals surface area (Å²) in [5.41, 5.74) is 3.30. The van der Waals surface area contributed by atoms with Gasteiger partial charge in [-0.25, -0.2) is 9.97 Å². The lowest BCUT2D eigenvalue weighted by Crippen LogP contribution is -2.31. The molecule has 2 aromatic carbocycles. The van der Waals surface area contributed by atoms with Gasteiger partial charge in [-0.2, -0.15) is 0 Å². The predicted octanol–water partition coefficient (Wildman–Crippen LogP) is 4.45. The molecule has 1 aliphatic heterocycles. The van der Waals surface area contributed by atoms with E-state index in [1.54, 1.807) is 20.5 Å². The maximum absolute atomic E-state index is 6.23. The highest BCUT2D eigenvalue weighted by molar-refractivity contribution is 6.33. The summed E-state index contributed by atoms with van der Waals surface area (Å²) < 4.78 is 10.9. The Kier molecular flexibility index (Phi) is 5.21. The van der Waals surface area contributed by atoms with Gasteiger partial charge in [0.25, 0.3) is 0 Å². The number of rotatable bonds is 5. The molecule has 1 N–H and O–H groups in total. The SMILES string of the molecule is COc1cc2c(cc1OC)CN(c1cc(Nc3ccccc3Cl)ncn1)CC2. The third kappa shape index (κ3) is 3.68. The van der Waals surface area contributed by atoms with Crippen molar-refractivity contribution in [3.8, 4) is 11.5 Å². The molecule has 3 aromatic rings. The third-order valence-corrected chi connectivity index (χ3v) is 5.16. The molecular weight excluding hydrogens is 376 g/mol. The maximum atomic E-state index is 6.23. The third-order valence-electron chi connectivity index (χ3n) is 4.83. The molecule has 7 heteroatoms. The number of benzene rings is 2. The minimum absolute atomic E-state index is 0.649. The van der Waals surface area contributed by atoms with Crippen LogP contribution in [0.15, 0.2) is 48.8 Å². The summed E-state index contributed by atoms with van der Waals surface area (Å²) in [4.78, 5) is 11.0. The molecule has 28 heavy (non-hydrogen) atoms. The van der Waals surface area contributed by atoms with Crippen LogP contribution >= 0.6 is 11.6 Å². The van der Waals surface area contributed by atoms with Gasteiger partial charge >= 0.3 is 0 Å². The van der Waals surface area contributed by atoms with Gasteiger partial charge in [0.2, 0.25) is 0 Å². The molecule has 0 aliphatic carbocycles. The lowest BCUT2D eigenvalue weighted by atomic mass is 9.99. The van der Waals surface area contributed by atoms with Crippen LogP contribution in [0.25, 0.3) is 0 Å². The van der Waals surface area contributed by atoms with E-state index in [1.807, 2.05) is 36.4 Å². The zero-order chi connectivity index (χ0) is 19.5. The standard InChI is InChI=1S/C21H21ClN4O2/c1-27-18-9-14-7-8-26(12-15(14)10-19(18)28-2)21-11-20(23-13-24-21)25-17-6-4-3-5-16(17)22/h3-6,9-11,13H,7-8,12H2,1-2H3,(H,23,24,25). The summed E-state index contributed by atoms with van der Waals surface area (Å²) in [6.45, 7) is 1.61. The molecule has 144 valence electrons. The van der Waals surface area contributed by atoms with Crippen LogP contribution in [0.2, 0.25) is 5.02 Å². The lowest BCUT2D eigenvalue weighted by molar-refractivity contribution is 0.353. The van der Waals surface area contributed by atoms with E-state index >= 15 is 0 Å². The number of nitrogens with zero attached hydrogens (tertiary/aromatic N) is 3. The quantitative estimate of drug-likeness (QED) is 0.687. The Balaban J connectivity index is 1.57. The molecule has 6 nitrogen and oxygen atoms in total. The fraction of sp³-hybridized carbons (Fsp3) is 0.238. The van der Waals surface area contributed by atoms with Crippen molar-refractivity contribution in [2.24, 2.45) is 0 Å². The Morgan fingerprint density at radius 2 is 1.75 bits per heavy atom. The van der Waals surface area contributed by atoms with Crippen molar-refractivity contribution < 1.29 is 9.47 Å². The molecule has 1 aliphatic rings. The van der Waals surface area contributed by atoms with E-state index in [2.05, 4.69) is 26.3 Å². The number of anilines is 3. The first-order valence-electron chi connectivity index (χ1n) is 9.00. The fourth-order valence-corrected chi connectivity index (χ4v) is 3.55. The van der Waals surface area contributed by atoms with E-state index in [0.29, 0.717) is 10.8 Å². The number of methoxy groups -OCH3 is 2. The highest BCUT2D eigenvalue weighted by Crippen LogP contribution is 2.34. The highest BCUT2D eigenvalue weighted by Gasteiger charge is 2.21. The summed E-state index contributed by atoms with van der Waals surface area (Å²) in [5, 5.41) is 3.91. The van der Waals surface area contributed by atoms with Crippen molar-refractivity contribution in [3.05, 3.63) is 64.9 Å². The molecule has 2 heterocycles. The first-order valence-corrected chi connectivity index (χ1v) is 9.38. The second kappa shape index (κ2) is 7.94. The van der Waals surface area contributed by atoms with Gasteiger partial charge in [-0.3, -0.25) is 0 Å². The molecule has 1 aromatic heterocycles. The number of aromatic nitrogens is 2. The Hall–Kier alpha value is -2.99. The van der Waals surface area contributed by atoms with Crippen molar-refractivity contribution in [1.29, 1.82) is 0 Å². The molecule has 0 amide bonds. The molecular formula is C21H21ClN4O2. The molecule has 0 bridgehead atoms. The van der Waals surface area contributed by atoms with E-state index < -0.39 is 0 Å². The Bertz CT molecular complexity index is 996. The number of nitrogens with one attached hydrogen (secondary N) is 1. The van der Waals surface area contributed by atoms with Gasteiger partial charge in [-0.1, -0.05) is 23.7 Å². The largest absolute Gasteiger partial charge is 0.493 e. The zero-order valence-corrected chi connectivity index (χ0v) is 16.5. The number of hydrogen-bond acceptors (Lipinski definition) is 6. The second-order valence-corrected chi connectivity index (χ2v) is 6.92. The first-order chi connectivity index (χ1) is 13.7. The van der Waals surface area contributed by atoms with Gasteiger partial charge in [0.1, 0.15) is 18.0 Å². The van der Waals surface area contributed by atoms with E-state index in [9.17, 15) is 0 Å². The highest BCUT2D eigenvalue weighted by atomic mass is 35.5. The molecule has 0 unspecified atom stereocenters. The maximum Gasteiger partial charge on any atom is 0.161 e. The van der Waals surface area contributed by atoms with E-state index in [-0.39, 0.29) is 0 Å². The molecule has 4 rings (SSSR count). The Morgan fingerprint density at radius 3 is 2.50 bits per heavy atom. The Labute approximate surface area is 169 Å². The van der Waals surface area contributed by atoms with Gasteiger partial charge in [0.05, 0.1) is 24.9 Å². The van der Waals surface area contributed by atoms with Crippen LogP contribution in [0.5, 0.6) is 11.5 Å². The molecule has 0 atom stereocenters. The molecule has 0 spiro atoms. The van der Waals surface area contributed by atoms with Crippen LogP contribution in [0.4, 0.5) is 17.3 Å². The molecule has 0 radical (unpaired) electrons. The number of para-hydroxylation sites is 1. The van der Waals surface area contributed by atoms with Gasteiger partial charge in [-0.15, -0.1) is 0 Å². The fourth-order valence-electron chi connectivity index (χ4n) is 3.37. The van der Waals surface area contributed by atoms with Crippen LogP contribution in [0.1, 0.15) is 11.1 Å². The average molecular weight is 397 g/mol. The van der Waals surface area contributed by atoms with Gasteiger partial charge < -0.3 is 19.7 Å². The number of ether oxygens (including phenoxy) is 2. The number of fused-ring (bicyclic) bond motifs is 1. The van der Waals surface area contributed by atoms with E-state index in [0.717, 1.165) is 42.5 Å². The van der Waals surface area contributed by atoms with Crippen molar-refractivity contribution in [3.63, 3.8) is 0 Å². The predicted molar refractivity (Wildman–Crippen MR) is 111 cm³/mol. The monoisotopic (exact) mass is 396 g/mol. The van der Waals surface area contributed by atoms with Crippen molar-refractivity contribution in [1.82, 2.24) is 9.97 Å². The number of hydrogen-bond donors (Lipinski definition) is 1. The van der Waals surface area contributed by atoms with E-state index in [1.165, 1.54) is 11.1 Å². The molecule has 0 fully saturated rings. The Morgan fingerprint density at radius 1 is 1.00 bits per heavy atom. The van der Waals surface area contributed by atoms with Crippen LogP contribution in [0.3, 0.4) is 0 Å². The second-order valence-electron chi connectivity index (χ2n) is 6.51. The van der Waals surface area contributed by atoms with Crippen molar-refractivity contribution in [2.45, 2.75) is 13.0 Å². The summed E-state index contributed by atoms with van der Waals surface area (Å²) >= 11 is 6.23. The normalized spacial score (nSPS) is 13.0. The van der Waals surface area contributed by atoms with Crippen LogP contribution in [-0.2, 0) is 13.0 Å². The van der Waals surface area contributed by atoms with Gasteiger partial charge in [0, 0.05) is 19.2 Å². The van der Waals surface area contributed by atoms with Crippen molar-refractivity contribution >= 4 is 28.9 Å². The van der Waals surface area contributed by atoms with Crippen LogP contribution < -0.4 is 19.7 Å². The molecule has 0 saturated carbocycles.